The van der Waals surface area contributed by atoms with Crippen LogP contribution in [-0.2, 0) is 14.3 Å². The largest absolute Gasteiger partial charge is 0.493 e. The van der Waals surface area contributed by atoms with Gasteiger partial charge in [-0.15, -0.1) is 0 Å². The number of carbonyl (C=O) groups is 2. The molecule has 0 radical (unpaired) electrons. The van der Waals surface area contributed by atoms with Crippen LogP contribution in [0, 0.1) is 23.2 Å². The van der Waals surface area contributed by atoms with Crippen LogP contribution in [0.5, 0.6) is 5.75 Å². The van der Waals surface area contributed by atoms with Gasteiger partial charge in [0.2, 0.25) is 11.8 Å². The van der Waals surface area contributed by atoms with Crippen LogP contribution in [0.2, 0.25) is 0 Å². The molecule has 0 spiro atoms. The molecule has 4 atom stereocenters. The smallest absolute Gasteiger partial charge is 0.240 e. The average molecular weight is 496 g/mol. The molecule has 3 heterocycles. The highest BCUT2D eigenvalue weighted by Crippen LogP contribution is 2.62. The summed E-state index contributed by atoms with van der Waals surface area (Å²) in [5, 5.41) is 11.0. The fourth-order valence-corrected chi connectivity index (χ4v) is 6.62. The maximum Gasteiger partial charge on any atom is 0.240 e. The number of amides is 2. The van der Waals surface area contributed by atoms with Crippen molar-refractivity contribution in [3.8, 4) is 11.8 Å². The Morgan fingerprint density at radius 1 is 1.03 bits per heavy atom. The van der Waals surface area contributed by atoms with E-state index in [2.05, 4.69) is 6.07 Å². The number of ether oxygens (including phenoxy) is 2. The lowest BCUT2D eigenvalue weighted by Gasteiger charge is -2.31. The Labute approximate surface area is 216 Å². The van der Waals surface area contributed by atoms with E-state index in [0.717, 1.165) is 28.6 Å². The summed E-state index contributed by atoms with van der Waals surface area (Å²) in [6.45, 7) is 2.35. The van der Waals surface area contributed by atoms with Crippen molar-refractivity contribution in [3.05, 3.63) is 66.2 Å². The summed E-state index contributed by atoms with van der Waals surface area (Å²) in [5.41, 5.74) is 0.681. The van der Waals surface area contributed by atoms with Crippen LogP contribution in [0.3, 0.4) is 0 Å². The maximum atomic E-state index is 14.0. The van der Waals surface area contributed by atoms with Gasteiger partial charge in [-0.05, 0) is 44.0 Å². The van der Waals surface area contributed by atoms with Crippen LogP contribution in [0.25, 0.3) is 10.8 Å². The lowest BCUT2D eigenvalue weighted by molar-refractivity contribution is -0.131. The summed E-state index contributed by atoms with van der Waals surface area (Å²) >= 11 is 0. The Bertz CT molecular complexity index is 1480. The third-order valence-electron chi connectivity index (χ3n) is 8.40. The van der Waals surface area contributed by atoms with Gasteiger partial charge < -0.3 is 14.4 Å². The summed E-state index contributed by atoms with van der Waals surface area (Å²) in [6.07, 6.45) is 1.97. The molecule has 3 fully saturated rings. The van der Waals surface area contributed by atoms with Gasteiger partial charge in [0.25, 0.3) is 0 Å². The second-order valence-electron chi connectivity index (χ2n) is 10.7. The predicted molar refractivity (Wildman–Crippen MR) is 140 cm³/mol. The van der Waals surface area contributed by atoms with Crippen LogP contribution in [-0.4, -0.2) is 43.7 Å². The van der Waals surface area contributed by atoms with Crippen molar-refractivity contribution in [2.24, 2.45) is 11.8 Å². The molecule has 188 valence electrons. The molecule has 3 aliphatic heterocycles. The second kappa shape index (κ2) is 8.32. The van der Waals surface area contributed by atoms with Crippen LogP contribution < -0.4 is 14.5 Å². The van der Waals surface area contributed by atoms with E-state index in [1.54, 1.807) is 12.1 Å². The normalized spacial score (nSPS) is 28.0. The number of benzene rings is 3. The van der Waals surface area contributed by atoms with E-state index < -0.39 is 23.0 Å². The number of carbonyl (C=O) groups excluding carboxylic acids is 2. The monoisotopic (exact) mass is 495 g/mol. The first-order valence-corrected chi connectivity index (χ1v) is 12.7. The quantitative estimate of drug-likeness (QED) is 0.462. The molecule has 0 N–H and O–H groups in total. The molecule has 37 heavy (non-hydrogen) atoms. The summed E-state index contributed by atoms with van der Waals surface area (Å²) in [5.74, 6) is -0.751. The predicted octanol–water partition coefficient (Wildman–Crippen LogP) is 4.67. The van der Waals surface area contributed by atoms with Gasteiger partial charge in [0.15, 0.2) is 0 Å². The number of hydrogen-bond acceptors (Lipinski definition) is 6. The molecule has 3 aromatic carbocycles. The maximum absolute atomic E-state index is 14.0. The van der Waals surface area contributed by atoms with E-state index in [1.807, 2.05) is 74.4 Å². The van der Waals surface area contributed by atoms with Gasteiger partial charge in [0.05, 0.1) is 47.0 Å². The lowest BCUT2D eigenvalue weighted by Crippen LogP contribution is -2.43. The fraction of sp³-hybridized carbons (Fsp3) is 0.367. The molecule has 3 aromatic rings. The van der Waals surface area contributed by atoms with Gasteiger partial charge in [-0.25, -0.2) is 4.90 Å². The summed E-state index contributed by atoms with van der Waals surface area (Å²) in [6, 6.07) is 20.9. The molecule has 7 nitrogen and oxygen atoms in total. The van der Waals surface area contributed by atoms with E-state index in [9.17, 15) is 14.9 Å². The van der Waals surface area contributed by atoms with Gasteiger partial charge in [0.1, 0.15) is 5.75 Å². The lowest BCUT2D eigenvalue weighted by atomic mass is 9.67. The van der Waals surface area contributed by atoms with Crippen molar-refractivity contribution in [3.63, 3.8) is 0 Å². The van der Waals surface area contributed by atoms with Gasteiger partial charge in [-0.3, -0.25) is 9.59 Å². The van der Waals surface area contributed by atoms with Crippen LogP contribution in [0.15, 0.2) is 60.7 Å². The van der Waals surface area contributed by atoms with Crippen LogP contribution in [0.1, 0.15) is 31.7 Å². The number of imide groups is 1. The number of nitriles is 1. The minimum absolute atomic E-state index is 0.214. The first-order valence-electron chi connectivity index (χ1n) is 12.7. The standard InChI is InChI=1S/C30H29N3O4/c1-29-13-14-30(37-29,15-16-36-21-8-6-7-20(17-21)32(2)3)26-25(29)27(34)33(28(26)35)24-12-11-19(18-31)22-9-4-5-10-23(22)24/h4-12,17,25-26H,13-16H2,1-3H3. The van der Waals surface area contributed by atoms with E-state index in [4.69, 9.17) is 9.47 Å². The molecule has 0 saturated carbocycles. The molecule has 4 unspecified atom stereocenters. The Hall–Kier alpha value is -3.89. The number of rotatable bonds is 6. The molecular formula is C30H29N3O4. The zero-order valence-electron chi connectivity index (χ0n) is 21.2. The number of anilines is 2. The molecule has 7 heteroatoms. The summed E-state index contributed by atoms with van der Waals surface area (Å²) < 4.78 is 12.7. The third-order valence-corrected chi connectivity index (χ3v) is 8.40. The van der Waals surface area contributed by atoms with E-state index in [1.165, 1.54) is 4.90 Å². The molecular weight excluding hydrogens is 466 g/mol. The molecule has 6 rings (SSSR count). The highest BCUT2D eigenvalue weighted by Gasteiger charge is 2.73. The van der Waals surface area contributed by atoms with Crippen molar-refractivity contribution in [1.29, 1.82) is 5.26 Å². The SMILES string of the molecule is CN(C)c1cccc(OCCC23CCC(C)(O2)C2C(=O)N(c4ccc(C#N)c5ccccc45)C(=O)C23)c1. The Balaban J connectivity index is 1.30. The Kier molecular flexibility index (Phi) is 5.29. The first-order chi connectivity index (χ1) is 17.8. The van der Waals surface area contributed by atoms with Crippen LogP contribution >= 0.6 is 0 Å². The number of nitrogens with zero attached hydrogens (tertiary/aromatic N) is 3. The van der Waals surface area contributed by atoms with Crippen molar-refractivity contribution in [2.45, 2.75) is 37.4 Å². The van der Waals surface area contributed by atoms with Gasteiger partial charge >= 0.3 is 0 Å². The molecule has 0 aromatic heterocycles. The van der Waals surface area contributed by atoms with E-state index in [-0.39, 0.29) is 11.8 Å². The molecule has 3 aliphatic rings. The summed E-state index contributed by atoms with van der Waals surface area (Å²) in [4.78, 5) is 31.2. The number of hydrogen-bond donors (Lipinski definition) is 0. The minimum Gasteiger partial charge on any atom is -0.493 e. The molecule has 3 saturated heterocycles. The van der Waals surface area contributed by atoms with E-state index in [0.29, 0.717) is 30.7 Å². The zero-order chi connectivity index (χ0) is 25.9. The molecule has 0 aliphatic carbocycles. The highest BCUT2D eigenvalue weighted by molar-refractivity contribution is 6.26. The van der Waals surface area contributed by atoms with Crippen LogP contribution in [0.4, 0.5) is 11.4 Å². The Morgan fingerprint density at radius 2 is 1.78 bits per heavy atom. The van der Waals surface area contributed by atoms with Crippen molar-refractivity contribution in [2.75, 3.05) is 30.5 Å². The van der Waals surface area contributed by atoms with E-state index >= 15 is 0 Å². The van der Waals surface area contributed by atoms with Gasteiger partial charge in [-0.2, -0.15) is 5.26 Å². The highest BCUT2D eigenvalue weighted by atomic mass is 16.5. The zero-order valence-corrected chi connectivity index (χ0v) is 21.2. The molecule has 2 bridgehead atoms. The van der Waals surface area contributed by atoms with Crippen molar-refractivity contribution < 1.29 is 19.1 Å². The summed E-state index contributed by atoms with van der Waals surface area (Å²) in [7, 11) is 3.96. The van der Waals surface area contributed by atoms with Crippen molar-refractivity contribution in [1.82, 2.24) is 0 Å². The Morgan fingerprint density at radius 3 is 2.54 bits per heavy atom. The molecule has 2 amide bonds. The van der Waals surface area contributed by atoms with Crippen molar-refractivity contribution >= 4 is 34.0 Å². The number of fused-ring (bicyclic) bond motifs is 6. The third kappa shape index (κ3) is 3.43. The topological polar surface area (TPSA) is 82.9 Å². The fourth-order valence-electron chi connectivity index (χ4n) is 6.62. The minimum atomic E-state index is -0.734. The first kappa shape index (κ1) is 23.5. The second-order valence-corrected chi connectivity index (χ2v) is 10.7. The average Bonchev–Trinajstić information content (AvgIpc) is 3.48. The van der Waals surface area contributed by atoms with Gasteiger partial charge in [-0.1, -0.05) is 30.3 Å². The van der Waals surface area contributed by atoms with Gasteiger partial charge in [0, 0.05) is 43.0 Å².